The highest BCUT2D eigenvalue weighted by Gasteiger charge is 2.24. The smallest absolute Gasteiger partial charge is 0.321 e. The molecule has 0 bridgehead atoms. The number of benzene rings is 1. The van der Waals surface area contributed by atoms with Gasteiger partial charge < -0.3 is 5.11 Å². The summed E-state index contributed by atoms with van der Waals surface area (Å²) in [6.07, 6.45) is 0. The van der Waals surface area contributed by atoms with Crippen LogP contribution in [0.25, 0.3) is 0 Å². The Labute approximate surface area is 109 Å². The quantitative estimate of drug-likeness (QED) is 0.605. The molecule has 0 radical (unpaired) electrons. The van der Waals surface area contributed by atoms with Crippen molar-refractivity contribution in [3.8, 4) is 0 Å². The van der Waals surface area contributed by atoms with Crippen molar-refractivity contribution in [1.29, 1.82) is 0 Å². The maximum Gasteiger partial charge on any atom is 0.321 e. The van der Waals surface area contributed by atoms with Crippen LogP contribution in [0, 0.1) is 17.0 Å². The molecule has 0 aromatic heterocycles. The second-order valence-electron chi connectivity index (χ2n) is 3.89. The van der Waals surface area contributed by atoms with Gasteiger partial charge >= 0.3 is 5.97 Å². The predicted molar refractivity (Wildman–Crippen MR) is 65.3 cm³/mol. The van der Waals surface area contributed by atoms with E-state index in [-0.39, 0.29) is 16.1 Å². The van der Waals surface area contributed by atoms with Crippen LogP contribution in [-0.4, -0.2) is 30.5 Å². The van der Waals surface area contributed by atoms with E-state index in [1.54, 1.807) is 0 Å². The summed E-state index contributed by atoms with van der Waals surface area (Å²) in [6, 6.07) is 2.03. The third kappa shape index (κ3) is 3.48. The average Bonchev–Trinajstić information content (AvgIpc) is 2.28. The molecule has 0 aliphatic rings. The molecule has 1 aromatic rings. The lowest BCUT2D eigenvalue weighted by Gasteiger charge is -2.11. The lowest BCUT2D eigenvalue weighted by atomic mass is 10.2. The summed E-state index contributed by atoms with van der Waals surface area (Å²) >= 11 is 0. The molecule has 1 atom stereocenters. The van der Waals surface area contributed by atoms with Crippen LogP contribution in [0.1, 0.15) is 12.5 Å². The van der Waals surface area contributed by atoms with Gasteiger partial charge in [0.25, 0.3) is 5.69 Å². The lowest BCUT2D eigenvalue weighted by molar-refractivity contribution is -0.385. The van der Waals surface area contributed by atoms with E-state index in [9.17, 15) is 23.3 Å². The minimum atomic E-state index is -4.13. The zero-order valence-electron chi connectivity index (χ0n) is 10.2. The highest BCUT2D eigenvalue weighted by molar-refractivity contribution is 7.89. The van der Waals surface area contributed by atoms with Crippen LogP contribution < -0.4 is 4.72 Å². The molecule has 0 saturated carbocycles. The molecule has 1 aromatic carbocycles. The van der Waals surface area contributed by atoms with Gasteiger partial charge in [0.2, 0.25) is 10.0 Å². The van der Waals surface area contributed by atoms with Crippen LogP contribution in [0.2, 0.25) is 0 Å². The van der Waals surface area contributed by atoms with Crippen molar-refractivity contribution >= 4 is 21.7 Å². The van der Waals surface area contributed by atoms with Gasteiger partial charge in [-0.2, -0.15) is 4.72 Å². The Balaban J connectivity index is 3.24. The van der Waals surface area contributed by atoms with E-state index < -0.39 is 27.0 Å². The average molecular weight is 288 g/mol. The van der Waals surface area contributed by atoms with Crippen LogP contribution in [0.15, 0.2) is 23.1 Å². The number of hydrogen-bond acceptors (Lipinski definition) is 5. The number of carboxylic acids is 1. The van der Waals surface area contributed by atoms with Crippen molar-refractivity contribution in [3.63, 3.8) is 0 Å². The summed E-state index contributed by atoms with van der Waals surface area (Å²) in [5, 5.41) is 19.3. The molecule has 104 valence electrons. The van der Waals surface area contributed by atoms with Crippen LogP contribution in [0.5, 0.6) is 0 Å². The van der Waals surface area contributed by atoms with Gasteiger partial charge in [-0.05, 0) is 19.4 Å². The number of aliphatic carboxylic acids is 1. The molecule has 0 unspecified atom stereocenters. The van der Waals surface area contributed by atoms with E-state index in [0.29, 0.717) is 0 Å². The molecule has 9 heteroatoms. The van der Waals surface area contributed by atoms with Crippen molar-refractivity contribution in [2.45, 2.75) is 24.8 Å². The second-order valence-corrected chi connectivity index (χ2v) is 5.57. The minimum Gasteiger partial charge on any atom is -0.480 e. The number of nitrogens with zero attached hydrogens (tertiary/aromatic N) is 1. The van der Waals surface area contributed by atoms with Crippen molar-refractivity contribution in [2.24, 2.45) is 0 Å². The minimum absolute atomic E-state index is 0.288. The summed E-state index contributed by atoms with van der Waals surface area (Å²) in [5.41, 5.74) is -0.0929. The highest BCUT2D eigenvalue weighted by Crippen LogP contribution is 2.21. The number of rotatable bonds is 5. The number of sulfonamides is 1. The Morgan fingerprint density at radius 1 is 1.47 bits per heavy atom. The summed E-state index contributed by atoms with van der Waals surface area (Å²) in [7, 11) is -4.13. The third-order valence-electron chi connectivity index (χ3n) is 2.37. The van der Waals surface area contributed by atoms with E-state index in [0.717, 1.165) is 13.0 Å². The Hall–Kier alpha value is -2.00. The largest absolute Gasteiger partial charge is 0.480 e. The summed E-state index contributed by atoms with van der Waals surface area (Å²) in [5.74, 6) is -1.34. The molecule has 0 spiro atoms. The lowest BCUT2D eigenvalue weighted by Crippen LogP contribution is -2.38. The number of carbonyl (C=O) groups is 1. The van der Waals surface area contributed by atoms with Crippen molar-refractivity contribution in [1.82, 2.24) is 4.72 Å². The van der Waals surface area contributed by atoms with E-state index >= 15 is 0 Å². The number of nitrogens with one attached hydrogen (secondary N) is 1. The van der Waals surface area contributed by atoms with Gasteiger partial charge in [0.1, 0.15) is 6.04 Å². The predicted octanol–water partition coefficient (Wildman–Crippen LogP) is 0.655. The molecule has 0 amide bonds. The molecular formula is C10H12N2O6S. The SMILES string of the molecule is Cc1ccc([N+](=O)[O-])cc1S(=O)(=O)N[C@H](C)C(=O)O. The first-order valence-corrected chi connectivity index (χ1v) is 6.63. The number of carboxylic acid groups (broad SMARTS) is 1. The van der Waals surface area contributed by atoms with Gasteiger partial charge in [-0.1, -0.05) is 6.07 Å². The van der Waals surface area contributed by atoms with E-state index in [1.165, 1.54) is 19.1 Å². The third-order valence-corrected chi connectivity index (χ3v) is 4.06. The Kier molecular flexibility index (Phi) is 4.22. The summed E-state index contributed by atoms with van der Waals surface area (Å²) in [6.45, 7) is 2.62. The molecule has 8 nitrogen and oxygen atoms in total. The molecule has 2 N–H and O–H groups in total. The van der Waals surface area contributed by atoms with Crippen molar-refractivity contribution in [3.05, 3.63) is 33.9 Å². The summed E-state index contributed by atoms with van der Waals surface area (Å²) < 4.78 is 25.8. The first kappa shape index (κ1) is 15.1. The van der Waals surface area contributed by atoms with Gasteiger partial charge in [0, 0.05) is 12.1 Å². The van der Waals surface area contributed by atoms with Gasteiger partial charge in [-0.25, -0.2) is 8.42 Å². The standard InChI is InChI=1S/C10H12N2O6S/c1-6-3-4-8(12(15)16)5-9(6)19(17,18)11-7(2)10(13)14/h3-5,7,11H,1-2H3,(H,13,14)/t7-/m1/s1. The molecule has 0 fully saturated rings. The van der Waals surface area contributed by atoms with E-state index in [2.05, 4.69) is 0 Å². The monoisotopic (exact) mass is 288 g/mol. The molecule has 0 heterocycles. The number of hydrogen-bond donors (Lipinski definition) is 2. The van der Waals surface area contributed by atoms with E-state index in [4.69, 9.17) is 5.11 Å². The highest BCUT2D eigenvalue weighted by atomic mass is 32.2. The van der Waals surface area contributed by atoms with Crippen LogP contribution in [0.4, 0.5) is 5.69 Å². The Bertz CT molecular complexity index is 625. The number of nitro groups is 1. The van der Waals surface area contributed by atoms with Gasteiger partial charge in [-0.3, -0.25) is 14.9 Å². The number of non-ortho nitro benzene ring substituents is 1. The fourth-order valence-corrected chi connectivity index (χ4v) is 2.80. The number of nitro benzene ring substituents is 1. The summed E-state index contributed by atoms with van der Waals surface area (Å²) in [4.78, 5) is 20.2. The molecule has 1 rings (SSSR count). The van der Waals surface area contributed by atoms with Gasteiger partial charge in [0.05, 0.1) is 9.82 Å². The van der Waals surface area contributed by atoms with Crippen LogP contribution in [-0.2, 0) is 14.8 Å². The molecule has 0 saturated heterocycles. The normalized spacial score (nSPS) is 12.9. The molecule has 0 aliphatic carbocycles. The Morgan fingerprint density at radius 3 is 2.53 bits per heavy atom. The molecule has 19 heavy (non-hydrogen) atoms. The maximum absolute atomic E-state index is 11.9. The maximum atomic E-state index is 11.9. The second kappa shape index (κ2) is 5.33. The molecular weight excluding hydrogens is 276 g/mol. The fraction of sp³-hybridized carbons (Fsp3) is 0.300. The zero-order chi connectivity index (χ0) is 14.8. The topological polar surface area (TPSA) is 127 Å². The van der Waals surface area contributed by atoms with Crippen molar-refractivity contribution in [2.75, 3.05) is 0 Å². The Morgan fingerprint density at radius 2 is 2.05 bits per heavy atom. The van der Waals surface area contributed by atoms with Crippen LogP contribution >= 0.6 is 0 Å². The van der Waals surface area contributed by atoms with Crippen LogP contribution in [0.3, 0.4) is 0 Å². The van der Waals surface area contributed by atoms with E-state index in [1.807, 2.05) is 4.72 Å². The first-order chi connectivity index (χ1) is 8.65. The van der Waals surface area contributed by atoms with Gasteiger partial charge in [0.15, 0.2) is 0 Å². The zero-order valence-corrected chi connectivity index (χ0v) is 11.0. The first-order valence-electron chi connectivity index (χ1n) is 5.15. The van der Waals surface area contributed by atoms with Gasteiger partial charge in [-0.15, -0.1) is 0 Å². The van der Waals surface area contributed by atoms with Crippen molar-refractivity contribution < 1.29 is 23.2 Å². The number of aryl methyl sites for hydroxylation is 1. The fourth-order valence-electron chi connectivity index (χ4n) is 1.34. The molecule has 0 aliphatic heterocycles.